The molecule has 4 heteroatoms. The summed E-state index contributed by atoms with van der Waals surface area (Å²) in [4.78, 5) is 4.49. The average Bonchev–Trinajstić information content (AvgIpc) is 2.58. The van der Waals surface area contributed by atoms with E-state index in [4.69, 9.17) is 5.41 Å². The van der Waals surface area contributed by atoms with Crippen LogP contribution >= 0.6 is 8.20 Å². The zero-order valence-corrected chi connectivity index (χ0v) is 23.9. The first kappa shape index (κ1) is 32.1. The molecular weight excluding hydrogens is 490 g/mol. The summed E-state index contributed by atoms with van der Waals surface area (Å²) in [7, 11) is 0.619. The smallest absolute Gasteiger partial charge is 0.153 e. The van der Waals surface area contributed by atoms with E-state index >= 15 is 0 Å². The number of rotatable bonds is 2. The van der Waals surface area contributed by atoms with Gasteiger partial charge < -0.3 is 12.8 Å². The van der Waals surface area contributed by atoms with Gasteiger partial charge in [-0.2, -0.15) is 0 Å². The molecule has 0 amide bonds. The van der Waals surface area contributed by atoms with Gasteiger partial charge in [-0.3, -0.25) is 4.98 Å². The number of nitrogens with zero attached hydrogens (tertiary/aromatic N) is 2. The molecule has 31 heavy (non-hydrogen) atoms. The Morgan fingerprint density at radius 3 is 1.61 bits per heavy atom. The minimum Gasteiger partial charge on any atom is -0.814 e. The van der Waals surface area contributed by atoms with Crippen LogP contribution in [0.4, 0.5) is 0 Å². The summed E-state index contributed by atoms with van der Waals surface area (Å²) in [6.45, 7) is 22.5. The van der Waals surface area contributed by atoms with Gasteiger partial charge in [-0.1, -0.05) is 87.4 Å². The van der Waals surface area contributed by atoms with E-state index in [-0.39, 0.29) is 44.1 Å². The van der Waals surface area contributed by atoms with Gasteiger partial charge in [0.2, 0.25) is 0 Å². The van der Waals surface area contributed by atoms with Crippen LogP contribution in [0.15, 0.2) is 36.5 Å². The van der Waals surface area contributed by atoms with E-state index in [1.165, 1.54) is 22.0 Å². The Morgan fingerprint density at radius 1 is 0.839 bits per heavy atom. The van der Waals surface area contributed by atoms with Crippen molar-refractivity contribution in [1.82, 2.24) is 4.98 Å². The van der Waals surface area contributed by atoms with Crippen molar-refractivity contribution < 1.29 is 20.4 Å². The Hall–Kier alpha value is -1.13. The van der Waals surface area contributed by atoms with Gasteiger partial charge in [0.25, 0.3) is 0 Å². The molecule has 2 aromatic rings. The summed E-state index contributed by atoms with van der Waals surface area (Å²) < 4.78 is 0. The Kier molecular flexibility index (Phi) is 13.2. The van der Waals surface area contributed by atoms with E-state index in [1.807, 2.05) is 12.3 Å². The molecule has 176 valence electrons. The Morgan fingerprint density at radius 2 is 1.29 bits per heavy atom. The first-order chi connectivity index (χ1) is 13.2. The molecule has 1 aromatic heterocycles. The number of aromatic nitrogens is 1. The zero-order valence-electron chi connectivity index (χ0n) is 21.3. The molecule has 2 rings (SSSR count). The fourth-order valence-corrected chi connectivity index (χ4v) is 4.69. The Bertz CT molecular complexity index is 801. The minimum atomic E-state index is 0. The van der Waals surface area contributed by atoms with Crippen LogP contribution in [-0.4, -0.2) is 17.0 Å². The van der Waals surface area contributed by atoms with Crippen LogP contribution in [0, 0.1) is 7.43 Å². The van der Waals surface area contributed by atoms with Gasteiger partial charge in [-0.25, -0.2) is 6.21 Å². The van der Waals surface area contributed by atoms with Gasteiger partial charge in [0.1, 0.15) is 19.7 Å². The third kappa shape index (κ3) is 9.91. The predicted molar refractivity (Wildman–Crippen MR) is 141 cm³/mol. The topological polar surface area (TPSA) is 35.2 Å². The van der Waals surface area contributed by atoms with E-state index in [0.29, 0.717) is 8.20 Å². The normalized spacial score (nSPS) is 11.7. The van der Waals surface area contributed by atoms with Crippen LogP contribution in [0.3, 0.4) is 0 Å². The second-order valence-electron chi connectivity index (χ2n) is 10.5. The van der Waals surface area contributed by atoms with Crippen molar-refractivity contribution in [2.75, 3.05) is 0 Å². The molecule has 2 nitrogen and oxygen atoms in total. The second-order valence-corrected chi connectivity index (χ2v) is 11.6. The standard InChI is InChI=1S/C24H34NP.C2H4N.CH3.Pd/c1-22(2,3)17-14-19(23(4,5)6)21(20(15-17)24(7,8)9)26-16-18-12-10-11-13-25-18;1-2-3;;/h10-16H,1-9H3;2H,1H3;1H3;/q;2*-1;/p+1. The van der Waals surface area contributed by atoms with Crippen molar-refractivity contribution in [1.29, 1.82) is 0 Å². The second kappa shape index (κ2) is 12.8. The molecule has 0 spiro atoms. The summed E-state index contributed by atoms with van der Waals surface area (Å²) in [5.41, 5.74) is 5.81. The van der Waals surface area contributed by atoms with Crippen molar-refractivity contribution in [2.45, 2.75) is 85.5 Å². The fourth-order valence-electron chi connectivity index (χ4n) is 3.02. The SMILES string of the molecule is CC(C)(C)c1cc(C(C)(C)C)c(/[PH+]=C/c2ccccn2)c(C(C)(C)C)c1.CC=[N-].[CH3-].[Pd]. The van der Waals surface area contributed by atoms with Crippen molar-refractivity contribution in [3.05, 3.63) is 71.7 Å². The van der Waals surface area contributed by atoms with Gasteiger partial charge in [0.15, 0.2) is 5.30 Å². The quantitative estimate of drug-likeness (QED) is 0.174. The molecule has 0 bridgehead atoms. The van der Waals surface area contributed by atoms with E-state index in [9.17, 15) is 0 Å². The molecule has 1 atom stereocenters. The van der Waals surface area contributed by atoms with E-state index in [1.54, 1.807) is 6.92 Å². The third-order valence-corrected chi connectivity index (χ3v) is 5.94. The maximum atomic E-state index is 7.44. The predicted octanol–water partition coefficient (Wildman–Crippen LogP) is 7.22. The van der Waals surface area contributed by atoms with Gasteiger partial charge in [0.05, 0.1) is 0 Å². The first-order valence-corrected chi connectivity index (χ1v) is 11.4. The van der Waals surface area contributed by atoms with Crippen molar-refractivity contribution in [3.8, 4) is 0 Å². The molecule has 0 radical (unpaired) electrons. The monoisotopic (exact) mass is 531 g/mol. The van der Waals surface area contributed by atoms with Gasteiger partial charge >= 0.3 is 0 Å². The summed E-state index contributed by atoms with van der Waals surface area (Å²) in [5, 5.41) is 8.93. The molecular formula is C27H42N2PPd-. The van der Waals surface area contributed by atoms with Crippen molar-refractivity contribution in [3.63, 3.8) is 0 Å². The van der Waals surface area contributed by atoms with E-state index in [0.717, 1.165) is 11.9 Å². The molecule has 0 N–H and O–H groups in total. The number of pyridine rings is 1. The Labute approximate surface area is 207 Å². The summed E-state index contributed by atoms with van der Waals surface area (Å²) in [5.74, 6) is 2.29. The number of hydrogen-bond donors (Lipinski definition) is 0. The largest absolute Gasteiger partial charge is 0.814 e. The van der Waals surface area contributed by atoms with Crippen LogP contribution in [0.1, 0.15) is 91.6 Å². The van der Waals surface area contributed by atoms with Crippen LogP contribution in [0.5, 0.6) is 0 Å². The van der Waals surface area contributed by atoms with Crippen molar-refractivity contribution in [2.24, 2.45) is 0 Å². The molecule has 1 heterocycles. The van der Waals surface area contributed by atoms with Crippen molar-refractivity contribution >= 4 is 25.5 Å². The molecule has 1 unspecified atom stereocenters. The Balaban J connectivity index is 0. The summed E-state index contributed by atoms with van der Waals surface area (Å²) in [6.07, 6.45) is 2.87. The molecule has 0 saturated carbocycles. The zero-order chi connectivity index (χ0) is 22.5. The van der Waals surface area contributed by atoms with Gasteiger partial charge in [-0.15, -0.1) is 0 Å². The maximum Gasteiger partial charge on any atom is 0.153 e. The van der Waals surface area contributed by atoms with Gasteiger partial charge in [0, 0.05) is 37.7 Å². The number of benzene rings is 1. The molecule has 0 aliphatic rings. The fraction of sp³-hybridized carbons (Fsp3) is 0.481. The molecule has 1 aromatic carbocycles. The maximum absolute atomic E-state index is 7.44. The molecule has 0 saturated heterocycles. The summed E-state index contributed by atoms with van der Waals surface area (Å²) in [6, 6.07) is 11.0. The van der Waals surface area contributed by atoms with Crippen LogP contribution in [0.25, 0.3) is 5.41 Å². The molecule has 0 fully saturated rings. The van der Waals surface area contributed by atoms with E-state index < -0.39 is 0 Å². The molecule has 0 aliphatic heterocycles. The van der Waals surface area contributed by atoms with Crippen LogP contribution in [-0.2, 0) is 36.7 Å². The van der Waals surface area contributed by atoms with Crippen LogP contribution in [0.2, 0.25) is 0 Å². The summed E-state index contributed by atoms with van der Waals surface area (Å²) >= 11 is 0. The molecule has 0 aliphatic carbocycles. The third-order valence-electron chi connectivity index (χ3n) is 4.67. The average molecular weight is 532 g/mol. The van der Waals surface area contributed by atoms with Crippen LogP contribution < -0.4 is 5.30 Å². The van der Waals surface area contributed by atoms with Gasteiger partial charge in [-0.05, 0) is 33.9 Å². The number of hydrogen-bond acceptors (Lipinski definition) is 1. The minimum absolute atomic E-state index is 0. The first-order valence-electron chi connectivity index (χ1n) is 10.3. The van der Waals surface area contributed by atoms with E-state index in [2.05, 4.69) is 97.4 Å².